The quantitative estimate of drug-likeness (QED) is 0.327. The van der Waals surface area contributed by atoms with E-state index in [1.165, 1.54) is 0 Å². The standard InChI is InChI=1S/C22H13BrCl2N2O2/c23-14-5-3-4-13(8-14)20-12-26-22(29-20)19-7-2-1-6-18(19)21(28)27-17-10-15(24)9-16(25)11-17/h1-12H,(H,27,28). The van der Waals surface area contributed by atoms with Gasteiger partial charge in [-0.15, -0.1) is 0 Å². The molecule has 144 valence electrons. The number of nitrogens with zero attached hydrogens (tertiary/aromatic N) is 1. The minimum atomic E-state index is -0.318. The highest BCUT2D eigenvalue weighted by atomic mass is 79.9. The van der Waals surface area contributed by atoms with Crippen molar-refractivity contribution in [3.63, 3.8) is 0 Å². The molecule has 7 heteroatoms. The van der Waals surface area contributed by atoms with Crippen LogP contribution in [0.15, 0.2) is 81.8 Å². The van der Waals surface area contributed by atoms with Crippen molar-refractivity contribution < 1.29 is 9.21 Å². The highest BCUT2D eigenvalue weighted by Crippen LogP contribution is 2.30. The fraction of sp³-hybridized carbons (Fsp3) is 0. The fourth-order valence-electron chi connectivity index (χ4n) is 2.87. The van der Waals surface area contributed by atoms with Gasteiger partial charge in [-0.1, -0.05) is 63.4 Å². The minimum Gasteiger partial charge on any atom is -0.436 e. The van der Waals surface area contributed by atoms with E-state index < -0.39 is 0 Å². The molecular weight excluding hydrogens is 475 g/mol. The summed E-state index contributed by atoms with van der Waals surface area (Å²) in [4.78, 5) is 17.2. The molecule has 4 rings (SSSR count). The zero-order chi connectivity index (χ0) is 20.4. The maximum absolute atomic E-state index is 12.9. The lowest BCUT2D eigenvalue weighted by atomic mass is 10.1. The van der Waals surface area contributed by atoms with Gasteiger partial charge in [0.05, 0.1) is 11.8 Å². The minimum absolute atomic E-state index is 0.318. The number of carbonyl (C=O) groups is 1. The third-order valence-electron chi connectivity index (χ3n) is 4.14. The van der Waals surface area contributed by atoms with Gasteiger partial charge in [0.1, 0.15) is 0 Å². The summed E-state index contributed by atoms with van der Waals surface area (Å²) in [5, 5.41) is 3.69. The number of rotatable bonds is 4. The lowest BCUT2D eigenvalue weighted by Crippen LogP contribution is -2.13. The van der Waals surface area contributed by atoms with E-state index in [0.717, 1.165) is 10.0 Å². The Bertz CT molecular complexity index is 1190. The molecule has 0 aliphatic carbocycles. The largest absolute Gasteiger partial charge is 0.436 e. The molecule has 4 nitrogen and oxygen atoms in total. The molecule has 1 amide bonds. The number of hydrogen-bond acceptors (Lipinski definition) is 3. The summed E-state index contributed by atoms with van der Waals surface area (Å²) in [7, 11) is 0. The van der Waals surface area contributed by atoms with E-state index in [9.17, 15) is 4.79 Å². The smallest absolute Gasteiger partial charge is 0.256 e. The monoisotopic (exact) mass is 486 g/mol. The predicted molar refractivity (Wildman–Crippen MR) is 119 cm³/mol. The van der Waals surface area contributed by atoms with E-state index in [4.69, 9.17) is 27.6 Å². The van der Waals surface area contributed by atoms with E-state index >= 15 is 0 Å². The van der Waals surface area contributed by atoms with Gasteiger partial charge in [0, 0.05) is 31.3 Å². The van der Waals surface area contributed by atoms with Crippen molar-refractivity contribution in [2.45, 2.75) is 0 Å². The number of benzene rings is 3. The number of halogens is 3. The maximum atomic E-state index is 12.9. The van der Waals surface area contributed by atoms with Crippen LogP contribution in [-0.2, 0) is 0 Å². The molecule has 1 aromatic heterocycles. The summed E-state index contributed by atoms with van der Waals surface area (Å²) in [5.74, 6) is 0.647. The first kappa shape index (κ1) is 19.7. The summed E-state index contributed by atoms with van der Waals surface area (Å²) in [5.41, 5.74) is 2.39. The van der Waals surface area contributed by atoms with Gasteiger partial charge in [0.15, 0.2) is 5.76 Å². The molecule has 0 saturated carbocycles. The third-order valence-corrected chi connectivity index (χ3v) is 5.07. The molecule has 0 atom stereocenters. The van der Waals surface area contributed by atoms with Crippen molar-refractivity contribution in [2.75, 3.05) is 5.32 Å². The normalized spacial score (nSPS) is 10.7. The number of aromatic nitrogens is 1. The second-order valence-corrected chi connectivity index (χ2v) is 7.99. The lowest BCUT2D eigenvalue weighted by Gasteiger charge is -2.09. The van der Waals surface area contributed by atoms with Crippen molar-refractivity contribution in [3.05, 3.63) is 93.0 Å². The molecule has 1 heterocycles. The van der Waals surface area contributed by atoms with Gasteiger partial charge in [-0.3, -0.25) is 4.79 Å². The SMILES string of the molecule is O=C(Nc1cc(Cl)cc(Cl)c1)c1ccccc1-c1ncc(-c2cccc(Br)c2)o1. The van der Waals surface area contributed by atoms with Crippen LogP contribution in [0.3, 0.4) is 0 Å². The molecule has 0 spiro atoms. The average molecular weight is 488 g/mol. The maximum Gasteiger partial charge on any atom is 0.256 e. The second-order valence-electron chi connectivity index (χ2n) is 6.20. The van der Waals surface area contributed by atoms with Crippen LogP contribution in [0.25, 0.3) is 22.8 Å². The Labute approximate surface area is 185 Å². The molecule has 0 saturated heterocycles. The van der Waals surface area contributed by atoms with Crippen LogP contribution in [0, 0.1) is 0 Å². The molecule has 3 aromatic carbocycles. The van der Waals surface area contributed by atoms with Gasteiger partial charge < -0.3 is 9.73 Å². The summed E-state index contributed by atoms with van der Waals surface area (Å²) in [6.07, 6.45) is 1.64. The Morgan fingerprint density at radius 1 is 0.966 bits per heavy atom. The number of hydrogen-bond donors (Lipinski definition) is 1. The Hall–Kier alpha value is -2.60. The van der Waals surface area contributed by atoms with Gasteiger partial charge >= 0.3 is 0 Å². The highest BCUT2D eigenvalue weighted by Gasteiger charge is 2.17. The topological polar surface area (TPSA) is 55.1 Å². The molecule has 0 aliphatic rings. The molecule has 0 unspecified atom stereocenters. The summed E-state index contributed by atoms with van der Waals surface area (Å²) >= 11 is 15.5. The first-order valence-electron chi connectivity index (χ1n) is 8.58. The lowest BCUT2D eigenvalue weighted by molar-refractivity contribution is 0.102. The van der Waals surface area contributed by atoms with Crippen molar-refractivity contribution >= 4 is 50.7 Å². The Morgan fingerprint density at radius 2 is 1.72 bits per heavy atom. The predicted octanol–water partition coefficient (Wildman–Crippen LogP) is 7.33. The summed E-state index contributed by atoms with van der Waals surface area (Å²) < 4.78 is 6.87. The Kier molecular flexibility index (Phi) is 5.72. The molecule has 0 aliphatic heterocycles. The van der Waals surface area contributed by atoms with Gasteiger partial charge in [-0.2, -0.15) is 0 Å². The van der Waals surface area contributed by atoms with Crippen LogP contribution in [0.4, 0.5) is 5.69 Å². The number of anilines is 1. The van der Waals surface area contributed by atoms with Crippen molar-refractivity contribution in [2.24, 2.45) is 0 Å². The molecule has 29 heavy (non-hydrogen) atoms. The van der Waals surface area contributed by atoms with Crippen LogP contribution in [0.5, 0.6) is 0 Å². The fourth-order valence-corrected chi connectivity index (χ4v) is 3.79. The van der Waals surface area contributed by atoms with E-state index in [0.29, 0.717) is 38.5 Å². The molecule has 1 N–H and O–H groups in total. The number of amides is 1. The van der Waals surface area contributed by atoms with Gasteiger partial charge in [-0.25, -0.2) is 4.98 Å². The van der Waals surface area contributed by atoms with Gasteiger partial charge in [0.2, 0.25) is 5.89 Å². The summed E-state index contributed by atoms with van der Waals surface area (Å²) in [6, 6.07) is 19.7. The average Bonchev–Trinajstić information content (AvgIpc) is 3.17. The van der Waals surface area contributed by atoms with Crippen LogP contribution >= 0.6 is 39.1 Å². The molecule has 0 fully saturated rings. The van der Waals surface area contributed by atoms with Crippen molar-refractivity contribution in [1.82, 2.24) is 4.98 Å². The number of oxazole rings is 1. The van der Waals surface area contributed by atoms with Gasteiger partial charge in [0.25, 0.3) is 5.91 Å². The third kappa shape index (κ3) is 4.53. The van der Waals surface area contributed by atoms with E-state index in [-0.39, 0.29) is 5.91 Å². The first-order valence-corrected chi connectivity index (χ1v) is 10.1. The zero-order valence-corrected chi connectivity index (χ0v) is 17.9. The Balaban J connectivity index is 1.66. The van der Waals surface area contributed by atoms with E-state index in [2.05, 4.69) is 26.2 Å². The van der Waals surface area contributed by atoms with Crippen LogP contribution in [0.2, 0.25) is 10.0 Å². The first-order chi connectivity index (χ1) is 14.0. The number of carbonyl (C=O) groups excluding carboxylic acids is 1. The van der Waals surface area contributed by atoms with Gasteiger partial charge in [-0.05, 0) is 42.5 Å². The van der Waals surface area contributed by atoms with Crippen LogP contribution < -0.4 is 5.32 Å². The molecule has 0 radical (unpaired) electrons. The summed E-state index contributed by atoms with van der Waals surface area (Å²) in [6.45, 7) is 0. The zero-order valence-electron chi connectivity index (χ0n) is 14.8. The van der Waals surface area contributed by atoms with Crippen LogP contribution in [-0.4, -0.2) is 10.9 Å². The molecule has 0 bridgehead atoms. The van der Waals surface area contributed by atoms with E-state index in [1.807, 2.05) is 30.3 Å². The van der Waals surface area contributed by atoms with Crippen molar-refractivity contribution in [1.29, 1.82) is 0 Å². The Morgan fingerprint density at radius 3 is 2.48 bits per heavy atom. The van der Waals surface area contributed by atoms with Crippen LogP contribution in [0.1, 0.15) is 10.4 Å². The van der Waals surface area contributed by atoms with Crippen molar-refractivity contribution in [3.8, 4) is 22.8 Å². The molecule has 4 aromatic rings. The number of nitrogens with one attached hydrogen (secondary N) is 1. The molecular formula is C22H13BrCl2N2O2. The second kappa shape index (κ2) is 8.41. The highest BCUT2D eigenvalue weighted by molar-refractivity contribution is 9.10. The van der Waals surface area contributed by atoms with E-state index in [1.54, 1.807) is 42.6 Å².